The summed E-state index contributed by atoms with van der Waals surface area (Å²) in [6, 6.07) is 14.8. The first kappa shape index (κ1) is 14.2. The van der Waals surface area contributed by atoms with E-state index in [1.165, 1.54) is 6.07 Å². The maximum atomic E-state index is 13.8. The van der Waals surface area contributed by atoms with Crippen molar-refractivity contribution in [1.82, 2.24) is 4.98 Å². The van der Waals surface area contributed by atoms with E-state index in [2.05, 4.69) is 11.1 Å². The average molecular weight is 300 g/mol. The first-order valence-corrected chi connectivity index (χ1v) is 7.72. The first-order chi connectivity index (χ1) is 10.0. The van der Waals surface area contributed by atoms with Crippen LogP contribution in [0, 0.1) is 5.82 Å². The van der Waals surface area contributed by atoms with Crippen LogP contribution in [0.3, 0.4) is 0 Å². The number of rotatable bonds is 4. The first-order valence-electron chi connectivity index (χ1n) is 6.90. The van der Waals surface area contributed by atoms with Gasteiger partial charge in [0.25, 0.3) is 0 Å². The number of hydrogen-bond donors (Lipinski definition) is 1. The van der Waals surface area contributed by atoms with Gasteiger partial charge in [0.1, 0.15) is 5.82 Å². The molecule has 3 rings (SSSR count). The molecule has 0 bridgehead atoms. The minimum Gasteiger partial charge on any atom is -0.325 e. The molecule has 1 heterocycles. The Balaban J connectivity index is 1.80. The van der Waals surface area contributed by atoms with Crippen molar-refractivity contribution in [1.29, 1.82) is 0 Å². The highest BCUT2D eigenvalue weighted by Gasteiger charge is 2.23. The molecule has 1 unspecified atom stereocenters. The van der Waals surface area contributed by atoms with E-state index in [0.29, 0.717) is 18.4 Å². The summed E-state index contributed by atoms with van der Waals surface area (Å²) >= 11 is 1.65. The van der Waals surface area contributed by atoms with E-state index in [9.17, 15) is 4.39 Å². The van der Waals surface area contributed by atoms with Crippen LogP contribution in [0.15, 0.2) is 48.5 Å². The van der Waals surface area contributed by atoms with Gasteiger partial charge in [-0.1, -0.05) is 30.3 Å². The third kappa shape index (κ3) is 3.28. The fourth-order valence-corrected chi connectivity index (χ4v) is 3.64. The largest absolute Gasteiger partial charge is 0.325 e. The lowest BCUT2D eigenvalue weighted by atomic mass is 9.90. The van der Waals surface area contributed by atoms with Gasteiger partial charge in [-0.25, -0.2) is 9.37 Å². The molecular formula is C17H17FN2S. The number of aromatic nitrogens is 1. The summed E-state index contributed by atoms with van der Waals surface area (Å²) in [5.74, 6) is -0.196. The number of nitrogens with two attached hydrogens (primary N) is 1. The van der Waals surface area contributed by atoms with Crippen LogP contribution in [0.5, 0.6) is 0 Å². The molecule has 0 fully saturated rings. The molecule has 2 nitrogen and oxygen atoms in total. The van der Waals surface area contributed by atoms with Crippen molar-refractivity contribution >= 4 is 21.6 Å². The molecule has 108 valence electrons. The summed E-state index contributed by atoms with van der Waals surface area (Å²) in [5, 5.41) is 0.998. The maximum absolute atomic E-state index is 13.8. The number of thiazole rings is 1. The van der Waals surface area contributed by atoms with Gasteiger partial charge in [-0.05, 0) is 37.1 Å². The van der Waals surface area contributed by atoms with Gasteiger partial charge in [0.2, 0.25) is 0 Å². The highest BCUT2D eigenvalue weighted by atomic mass is 32.1. The van der Waals surface area contributed by atoms with E-state index in [4.69, 9.17) is 5.73 Å². The Morgan fingerprint density at radius 2 is 1.81 bits per heavy atom. The van der Waals surface area contributed by atoms with Gasteiger partial charge >= 0.3 is 0 Å². The molecule has 0 saturated carbocycles. The average Bonchev–Trinajstić information content (AvgIpc) is 2.82. The van der Waals surface area contributed by atoms with Gasteiger partial charge in [-0.2, -0.15) is 0 Å². The second kappa shape index (κ2) is 5.54. The second-order valence-corrected chi connectivity index (χ2v) is 6.79. The number of hydrogen-bond acceptors (Lipinski definition) is 3. The molecule has 1 atom stereocenters. The van der Waals surface area contributed by atoms with E-state index in [1.807, 2.05) is 31.2 Å². The van der Waals surface area contributed by atoms with Crippen LogP contribution in [0.2, 0.25) is 0 Å². The molecule has 0 saturated heterocycles. The Morgan fingerprint density at radius 1 is 1.10 bits per heavy atom. The molecule has 0 amide bonds. The summed E-state index contributed by atoms with van der Waals surface area (Å²) in [7, 11) is 0. The van der Waals surface area contributed by atoms with Crippen LogP contribution in [-0.2, 0) is 12.8 Å². The summed E-state index contributed by atoms with van der Waals surface area (Å²) in [6.45, 7) is 1.95. The van der Waals surface area contributed by atoms with E-state index >= 15 is 0 Å². The van der Waals surface area contributed by atoms with Crippen molar-refractivity contribution in [3.8, 4) is 0 Å². The molecule has 0 spiro atoms. The van der Waals surface area contributed by atoms with E-state index in [0.717, 1.165) is 15.2 Å². The van der Waals surface area contributed by atoms with Crippen molar-refractivity contribution in [2.45, 2.75) is 25.3 Å². The van der Waals surface area contributed by atoms with Gasteiger partial charge in [-0.15, -0.1) is 11.3 Å². The van der Waals surface area contributed by atoms with Gasteiger partial charge in [-0.3, -0.25) is 0 Å². The minimum absolute atomic E-state index is 0.196. The molecule has 0 aliphatic rings. The number of nitrogens with zero attached hydrogens (tertiary/aromatic N) is 1. The van der Waals surface area contributed by atoms with Gasteiger partial charge in [0.05, 0.1) is 15.2 Å². The molecule has 0 radical (unpaired) electrons. The normalized spacial score (nSPS) is 14.2. The highest BCUT2D eigenvalue weighted by molar-refractivity contribution is 7.18. The number of halogens is 1. The Bertz CT molecular complexity index is 731. The third-order valence-electron chi connectivity index (χ3n) is 3.45. The zero-order valence-electron chi connectivity index (χ0n) is 11.8. The molecule has 0 aliphatic carbocycles. The molecule has 0 aliphatic heterocycles. The lowest BCUT2D eigenvalue weighted by Gasteiger charge is -2.23. The fourth-order valence-electron chi connectivity index (χ4n) is 2.48. The smallest absolute Gasteiger partial charge is 0.126 e. The van der Waals surface area contributed by atoms with Crippen molar-refractivity contribution < 1.29 is 4.39 Å². The lowest BCUT2D eigenvalue weighted by Crippen LogP contribution is -2.41. The molecule has 21 heavy (non-hydrogen) atoms. The standard InChI is InChI=1S/C17H17FN2S/c1-17(19,10-12-6-2-3-7-13(12)18)11-16-20-14-8-4-5-9-15(14)21-16/h2-9H,10-11,19H2,1H3. The molecular weight excluding hydrogens is 283 g/mol. The van der Waals surface area contributed by atoms with Crippen molar-refractivity contribution in [3.05, 3.63) is 64.9 Å². The molecule has 3 aromatic rings. The van der Waals surface area contributed by atoms with Crippen molar-refractivity contribution in [2.75, 3.05) is 0 Å². The second-order valence-electron chi connectivity index (χ2n) is 5.67. The van der Waals surface area contributed by atoms with Crippen LogP contribution in [0.1, 0.15) is 17.5 Å². The Kier molecular flexibility index (Phi) is 3.74. The Labute approximate surface area is 127 Å². The monoisotopic (exact) mass is 300 g/mol. The number of benzene rings is 2. The van der Waals surface area contributed by atoms with Gasteiger partial charge in [0.15, 0.2) is 0 Å². The zero-order valence-corrected chi connectivity index (χ0v) is 12.7. The van der Waals surface area contributed by atoms with E-state index < -0.39 is 5.54 Å². The lowest BCUT2D eigenvalue weighted by molar-refractivity contribution is 0.450. The van der Waals surface area contributed by atoms with Gasteiger partial charge < -0.3 is 5.73 Å². The van der Waals surface area contributed by atoms with Crippen molar-refractivity contribution in [3.63, 3.8) is 0 Å². The van der Waals surface area contributed by atoms with Crippen LogP contribution in [0.4, 0.5) is 4.39 Å². The number of fused-ring (bicyclic) bond motifs is 1. The zero-order chi connectivity index (χ0) is 14.9. The van der Waals surface area contributed by atoms with Crippen molar-refractivity contribution in [2.24, 2.45) is 5.73 Å². The Hall–Kier alpha value is -1.78. The van der Waals surface area contributed by atoms with E-state index in [-0.39, 0.29) is 5.82 Å². The Morgan fingerprint density at radius 3 is 2.57 bits per heavy atom. The predicted octanol–water partition coefficient (Wildman–Crippen LogP) is 3.94. The fraction of sp³-hybridized carbons (Fsp3) is 0.235. The molecule has 1 aromatic heterocycles. The molecule has 2 aromatic carbocycles. The van der Waals surface area contributed by atoms with Crippen LogP contribution < -0.4 is 5.73 Å². The third-order valence-corrected chi connectivity index (χ3v) is 4.48. The van der Waals surface area contributed by atoms with Crippen LogP contribution in [-0.4, -0.2) is 10.5 Å². The molecule has 4 heteroatoms. The SMILES string of the molecule is CC(N)(Cc1nc2ccccc2s1)Cc1ccccc1F. The predicted molar refractivity (Wildman–Crippen MR) is 86.0 cm³/mol. The van der Waals surface area contributed by atoms with Gasteiger partial charge in [0, 0.05) is 12.0 Å². The topological polar surface area (TPSA) is 38.9 Å². The summed E-state index contributed by atoms with van der Waals surface area (Å²) in [6.07, 6.45) is 1.14. The molecule has 2 N–H and O–H groups in total. The number of para-hydroxylation sites is 1. The summed E-state index contributed by atoms with van der Waals surface area (Å²) in [4.78, 5) is 4.61. The maximum Gasteiger partial charge on any atom is 0.126 e. The minimum atomic E-state index is -0.518. The quantitative estimate of drug-likeness (QED) is 0.792. The van der Waals surface area contributed by atoms with E-state index in [1.54, 1.807) is 23.5 Å². The van der Waals surface area contributed by atoms with Crippen LogP contribution in [0.25, 0.3) is 10.2 Å². The summed E-state index contributed by atoms with van der Waals surface area (Å²) in [5.41, 5.74) is 7.51. The van der Waals surface area contributed by atoms with Crippen LogP contribution >= 0.6 is 11.3 Å². The highest BCUT2D eigenvalue weighted by Crippen LogP contribution is 2.25. The summed E-state index contributed by atoms with van der Waals surface area (Å²) < 4.78 is 14.9.